The molecule has 0 radical (unpaired) electrons. The number of nitrogens with one attached hydrogen (secondary N) is 1. The first-order valence-corrected chi connectivity index (χ1v) is 11.7. The van der Waals surface area contributed by atoms with Gasteiger partial charge in [0.1, 0.15) is 11.4 Å². The van der Waals surface area contributed by atoms with Crippen molar-refractivity contribution in [2.75, 3.05) is 12.3 Å². The van der Waals surface area contributed by atoms with Gasteiger partial charge in [-0.2, -0.15) is 4.98 Å². The number of nitrogen functional groups attached to an aromatic ring is 1. The Labute approximate surface area is 199 Å². The molecule has 1 aliphatic carbocycles. The van der Waals surface area contributed by atoms with Crippen molar-refractivity contribution in [1.82, 2.24) is 24.4 Å². The Hall–Kier alpha value is -3.64. The molecular formula is C21H24N6O7P+. The van der Waals surface area contributed by atoms with Gasteiger partial charge in [0.25, 0.3) is 5.56 Å². The Morgan fingerprint density at radius 1 is 1.43 bits per heavy atom. The monoisotopic (exact) mass is 503 g/mol. The largest absolute Gasteiger partial charge is 0.653 e. The molecule has 13 nitrogen and oxygen atoms in total. The number of para-hydroxylation sites is 1. The number of imidazole rings is 1. The molecule has 184 valence electrons. The number of carboxylic acids is 1. The lowest BCUT2D eigenvalue weighted by molar-refractivity contribution is -0.148. The summed E-state index contributed by atoms with van der Waals surface area (Å²) in [5, 5.41) is 20.1. The number of rotatable bonds is 9. The summed E-state index contributed by atoms with van der Waals surface area (Å²) in [5.41, 5.74) is 6.06. The Balaban J connectivity index is 1.49. The molecule has 0 spiro atoms. The van der Waals surface area contributed by atoms with Crippen molar-refractivity contribution in [3.63, 3.8) is 0 Å². The molecule has 4 rings (SSSR count). The molecular weight excluding hydrogens is 479 g/mol. The Kier molecular flexibility index (Phi) is 6.94. The maximum Gasteiger partial charge on any atom is 0.653 e. The quantitative estimate of drug-likeness (QED) is 0.189. The minimum absolute atomic E-state index is 0.0728. The average Bonchev–Trinajstić information content (AvgIpc) is 3.36. The predicted octanol–water partition coefficient (Wildman–Crippen LogP) is 1.62. The lowest BCUT2D eigenvalue weighted by atomic mass is 10.0. The number of benzene rings is 1. The van der Waals surface area contributed by atoms with Gasteiger partial charge in [0.2, 0.25) is 5.95 Å². The zero-order valence-electron chi connectivity index (χ0n) is 18.6. The topological polar surface area (TPSA) is 186 Å². The van der Waals surface area contributed by atoms with Crippen LogP contribution in [0, 0.1) is 5.92 Å². The molecule has 3 unspecified atom stereocenters. The number of aromatic amines is 1. The molecule has 0 amide bonds. The highest BCUT2D eigenvalue weighted by Gasteiger charge is 2.45. The number of aliphatic hydroxyl groups is 1. The number of aliphatic carboxylic acids is 1. The minimum Gasteiger partial charge on any atom is -0.480 e. The van der Waals surface area contributed by atoms with Crippen LogP contribution in [-0.2, 0) is 13.9 Å². The fourth-order valence-corrected chi connectivity index (χ4v) is 4.80. The number of anilines is 1. The predicted molar refractivity (Wildman–Crippen MR) is 124 cm³/mol. The van der Waals surface area contributed by atoms with E-state index >= 15 is 0 Å². The highest BCUT2D eigenvalue weighted by molar-refractivity contribution is 7.36. The van der Waals surface area contributed by atoms with E-state index in [1.54, 1.807) is 34.9 Å². The third kappa shape index (κ3) is 4.93. The Morgan fingerprint density at radius 2 is 2.14 bits per heavy atom. The van der Waals surface area contributed by atoms with E-state index in [1.165, 1.54) is 13.3 Å². The normalized spacial score (nSPS) is 21.4. The number of aromatic nitrogens is 4. The van der Waals surface area contributed by atoms with Crippen LogP contribution in [0.4, 0.5) is 5.95 Å². The molecule has 3 aromatic rings. The van der Waals surface area contributed by atoms with Gasteiger partial charge in [-0.25, -0.2) is 4.98 Å². The van der Waals surface area contributed by atoms with Gasteiger partial charge in [0, 0.05) is 5.92 Å². The van der Waals surface area contributed by atoms with Crippen molar-refractivity contribution in [2.45, 2.75) is 31.5 Å². The summed E-state index contributed by atoms with van der Waals surface area (Å²) >= 11 is 0. The van der Waals surface area contributed by atoms with Gasteiger partial charge in [0.05, 0.1) is 18.5 Å². The van der Waals surface area contributed by atoms with Crippen LogP contribution in [0.25, 0.3) is 11.2 Å². The smallest absolute Gasteiger partial charge is 0.480 e. The van der Waals surface area contributed by atoms with Crippen molar-refractivity contribution in [2.24, 2.45) is 5.92 Å². The number of nitrogens with zero attached hydrogens (tertiary/aromatic N) is 4. The van der Waals surface area contributed by atoms with Crippen LogP contribution >= 0.6 is 8.18 Å². The number of H-pyrrole nitrogens is 1. The Morgan fingerprint density at radius 3 is 2.83 bits per heavy atom. The van der Waals surface area contributed by atoms with E-state index in [9.17, 15) is 24.4 Å². The number of aliphatic hydroxyl groups excluding tert-OH is 1. The molecule has 1 aliphatic rings. The highest BCUT2D eigenvalue weighted by atomic mass is 31.1. The van der Waals surface area contributed by atoms with E-state index in [0.717, 1.165) is 4.83 Å². The number of carboxylic acid groups (broad SMARTS) is 1. The molecule has 5 atom stereocenters. The second-order valence-corrected chi connectivity index (χ2v) is 9.16. The number of hydroxylamine groups is 1. The van der Waals surface area contributed by atoms with Crippen molar-refractivity contribution in [3.8, 4) is 5.75 Å². The second kappa shape index (κ2) is 9.92. The van der Waals surface area contributed by atoms with Gasteiger partial charge in [-0.3, -0.25) is 14.6 Å². The molecule has 5 N–H and O–H groups in total. The Bertz CT molecular complexity index is 1330. The van der Waals surface area contributed by atoms with Gasteiger partial charge in [-0.1, -0.05) is 24.8 Å². The SMILES string of the molecule is C=C1C(CO[P+](=O)N(Oc2ccccc2)C(C)C(=O)O)[C@@H](O)C[C@@H]1n1cnc2c(=O)[nH]c(N)nc21. The fourth-order valence-electron chi connectivity index (χ4n) is 3.86. The van der Waals surface area contributed by atoms with E-state index in [4.69, 9.17) is 15.1 Å². The van der Waals surface area contributed by atoms with Gasteiger partial charge in [-0.15, -0.1) is 4.52 Å². The third-order valence-electron chi connectivity index (χ3n) is 5.78. The first-order chi connectivity index (χ1) is 16.7. The maximum absolute atomic E-state index is 12.9. The van der Waals surface area contributed by atoms with E-state index in [-0.39, 0.29) is 35.9 Å². The number of hydrogen-bond donors (Lipinski definition) is 4. The van der Waals surface area contributed by atoms with Crippen molar-refractivity contribution in [3.05, 3.63) is 59.2 Å². The highest BCUT2D eigenvalue weighted by Crippen LogP contribution is 2.42. The number of fused-ring (bicyclic) bond motifs is 1. The molecule has 35 heavy (non-hydrogen) atoms. The number of nitrogens with two attached hydrogens (primary N) is 1. The summed E-state index contributed by atoms with van der Waals surface area (Å²) in [6.45, 7) is 5.16. The van der Waals surface area contributed by atoms with Gasteiger partial charge >= 0.3 is 14.1 Å². The van der Waals surface area contributed by atoms with Gasteiger partial charge in [-0.05, 0) is 35.6 Å². The summed E-state index contributed by atoms with van der Waals surface area (Å²) in [4.78, 5) is 40.5. The average molecular weight is 503 g/mol. The summed E-state index contributed by atoms with van der Waals surface area (Å²) < 4.78 is 20.0. The minimum atomic E-state index is -2.76. The van der Waals surface area contributed by atoms with E-state index in [2.05, 4.69) is 21.5 Å². The van der Waals surface area contributed by atoms with Crippen molar-refractivity contribution in [1.29, 1.82) is 0 Å². The summed E-state index contributed by atoms with van der Waals surface area (Å²) in [6.07, 6.45) is 0.732. The standard InChI is InChI=1S/C21H23N6O7P/c1-11-14(9-33-35(32)27(12(2)20(30)31)34-13-6-4-3-5-7-13)16(28)8-15(11)26-10-23-17-18(26)24-21(22)25-19(17)29/h3-7,10,12,14-16,28H,1,8-9H2,2H3,(H3-,22,24,25,29,30,31)/p+1/t12?,14?,15-,16-/m0/s1. The van der Waals surface area contributed by atoms with Crippen LogP contribution < -0.4 is 16.1 Å². The maximum atomic E-state index is 12.9. The molecule has 0 saturated heterocycles. The molecule has 0 aliphatic heterocycles. The van der Waals surface area contributed by atoms with Crippen LogP contribution in [-0.4, -0.2) is 59.3 Å². The van der Waals surface area contributed by atoms with E-state index in [1.807, 2.05) is 0 Å². The summed E-state index contributed by atoms with van der Waals surface area (Å²) in [5.74, 6) is -1.68. The van der Waals surface area contributed by atoms with Crippen molar-refractivity contribution < 1.29 is 28.9 Å². The zero-order chi connectivity index (χ0) is 25.3. The summed E-state index contributed by atoms with van der Waals surface area (Å²) in [7, 11) is -2.76. The molecule has 1 aromatic carbocycles. The number of carbonyl (C=O) groups is 1. The van der Waals surface area contributed by atoms with Crippen LogP contribution in [0.1, 0.15) is 19.4 Å². The molecule has 0 bridgehead atoms. The summed E-state index contributed by atoms with van der Waals surface area (Å²) in [6, 6.07) is 6.53. The molecule has 1 fully saturated rings. The van der Waals surface area contributed by atoms with Crippen LogP contribution in [0.2, 0.25) is 0 Å². The van der Waals surface area contributed by atoms with E-state index < -0.39 is 43.8 Å². The second-order valence-electron chi connectivity index (χ2n) is 8.03. The molecule has 14 heteroatoms. The molecule has 2 aromatic heterocycles. The lowest BCUT2D eigenvalue weighted by Gasteiger charge is -2.17. The van der Waals surface area contributed by atoms with Crippen LogP contribution in [0.5, 0.6) is 5.75 Å². The van der Waals surface area contributed by atoms with E-state index in [0.29, 0.717) is 5.57 Å². The molecule has 2 heterocycles. The third-order valence-corrected chi connectivity index (χ3v) is 6.90. The van der Waals surface area contributed by atoms with Crippen LogP contribution in [0.3, 0.4) is 0 Å². The first-order valence-electron chi connectivity index (χ1n) is 10.6. The van der Waals surface area contributed by atoms with Gasteiger partial charge in [0.15, 0.2) is 23.0 Å². The fraction of sp³-hybridized carbons (Fsp3) is 0.333. The van der Waals surface area contributed by atoms with Gasteiger partial charge < -0.3 is 25.4 Å². The molecule has 1 saturated carbocycles. The van der Waals surface area contributed by atoms with Crippen LogP contribution in [0.15, 0.2) is 53.6 Å². The first kappa shape index (κ1) is 24.5. The van der Waals surface area contributed by atoms with Crippen molar-refractivity contribution >= 4 is 31.3 Å². The lowest BCUT2D eigenvalue weighted by Crippen LogP contribution is -2.37. The zero-order valence-corrected chi connectivity index (χ0v) is 19.5. The number of hydrogen-bond acceptors (Lipinski definition) is 9.